The Morgan fingerprint density at radius 2 is 0.587 bits per heavy atom. The van der Waals surface area contributed by atoms with E-state index in [9.17, 15) is 115 Å². The molecular weight excluding hydrogens is 1080 g/mol. The van der Waals surface area contributed by atoms with Gasteiger partial charge in [-0.05, 0) is 31.2 Å². The van der Waals surface area contributed by atoms with Gasteiger partial charge in [0.25, 0.3) is 0 Å². The molecule has 0 aliphatic rings. The normalized spacial score (nSPS) is 13.3. The van der Waals surface area contributed by atoms with Crippen LogP contribution >= 0.6 is 0 Å². The molecule has 1 heterocycles. The average Bonchev–Trinajstić information content (AvgIpc) is 3.27. The molecule has 1 aromatic heterocycles. The SMILES string of the molecule is CC(=O)c1ccc(C(=O)C[n+]2ccncc2)cc1.FC(F)(F)c1cc([B-](c2cc(C(F)(F)F)cc(C(F)(F)F)c2)(c2cc(C(F)(F)F)cc(C(F)(F)F)c2)c2cc(C(F)(F)F)cc(C(F)(F)F)c2)cc(C(F)(F)F)c1. The van der Waals surface area contributed by atoms with Crippen molar-refractivity contribution in [3.8, 4) is 0 Å². The number of nitrogens with zero attached hydrogens (tertiary/aromatic N) is 2. The van der Waals surface area contributed by atoms with E-state index >= 15 is 0 Å². The second-order valence-corrected chi connectivity index (χ2v) is 16.2. The van der Waals surface area contributed by atoms with Gasteiger partial charge in [-0.3, -0.25) is 14.6 Å². The third-order valence-corrected chi connectivity index (χ3v) is 11.1. The average molecular weight is 1100 g/mol. The summed E-state index contributed by atoms with van der Waals surface area (Å²) in [6.07, 6.45) is -48.1. The van der Waals surface area contributed by atoms with Crippen molar-refractivity contribution < 1.29 is 120 Å². The number of Topliss-reactive ketones (excluding diaryl/α,β-unsaturated/α-hetero) is 2. The number of carbonyl (C=O) groups is 2. The lowest BCUT2D eigenvalue weighted by Gasteiger charge is -2.46. The van der Waals surface area contributed by atoms with Gasteiger partial charge in [0.2, 0.25) is 12.3 Å². The molecule has 0 bridgehead atoms. The standard InChI is InChI=1S/C32H12BF24.C14H13N2O2/c34-25(35,36)13-1-14(26(37,38)39)6-21(5-13)33(22-7-15(27(40,41)42)2-16(8-22)28(43,44)45,23-9-17(29(46,47)48)3-18(10-23)30(49,50)51)24-11-19(31(52,53)54)4-20(12-24)32(55,56)57;1-11(17)12-2-4-13(5-3-12)14(18)10-16-8-6-15-7-9-16/h1-12H;2-9H,10H2,1H3/q-1;+1. The summed E-state index contributed by atoms with van der Waals surface area (Å²) in [6, 6.07) is -2.10. The summed E-state index contributed by atoms with van der Waals surface area (Å²) in [5.41, 5.74) is -29.0. The van der Waals surface area contributed by atoms with Crippen molar-refractivity contribution in [2.24, 2.45) is 0 Å². The van der Waals surface area contributed by atoms with Crippen LogP contribution in [0.15, 0.2) is 122 Å². The number of hydrogen-bond donors (Lipinski definition) is 0. The van der Waals surface area contributed by atoms with E-state index in [1.807, 2.05) is 0 Å². The molecule has 0 aliphatic heterocycles. The van der Waals surface area contributed by atoms with Crippen molar-refractivity contribution in [3.05, 3.63) is 177 Å². The van der Waals surface area contributed by atoms with Gasteiger partial charge in [0.05, 0.1) is 56.9 Å². The van der Waals surface area contributed by atoms with Gasteiger partial charge >= 0.3 is 49.4 Å². The first kappa shape index (κ1) is 58.8. The topological polar surface area (TPSA) is 50.9 Å². The minimum absolute atomic E-state index is 0.00121. The summed E-state index contributed by atoms with van der Waals surface area (Å²) in [6.45, 7) is 1.77. The molecule has 0 aliphatic carbocycles. The van der Waals surface area contributed by atoms with Crippen LogP contribution < -0.4 is 26.4 Å². The van der Waals surface area contributed by atoms with Gasteiger partial charge in [-0.1, -0.05) is 72.8 Å². The van der Waals surface area contributed by atoms with Crippen LogP contribution in [0.4, 0.5) is 105 Å². The first-order chi connectivity index (χ1) is 33.9. The summed E-state index contributed by atoms with van der Waals surface area (Å²) in [5.74, 6) is -0.00110. The maximum absolute atomic E-state index is 14.2. The number of halogens is 24. The van der Waals surface area contributed by atoms with E-state index in [0.29, 0.717) is 11.1 Å². The molecule has 0 saturated heterocycles. The Labute approximate surface area is 404 Å². The molecule has 0 radical (unpaired) electrons. The maximum Gasteiger partial charge on any atom is 0.416 e. The quantitative estimate of drug-likeness (QED) is 0.0660. The number of alkyl halides is 24. The van der Waals surface area contributed by atoms with E-state index in [1.165, 1.54) is 6.92 Å². The highest BCUT2D eigenvalue weighted by atomic mass is 19.4. The molecule has 0 unspecified atom stereocenters. The van der Waals surface area contributed by atoms with Gasteiger partial charge in [-0.25, -0.2) is 0 Å². The molecule has 6 aromatic rings. The van der Waals surface area contributed by atoms with E-state index in [-0.39, 0.29) is 18.1 Å². The maximum atomic E-state index is 14.2. The van der Waals surface area contributed by atoms with Crippen molar-refractivity contribution in [3.63, 3.8) is 0 Å². The van der Waals surface area contributed by atoms with Gasteiger partial charge < -0.3 is 0 Å². The van der Waals surface area contributed by atoms with Crippen LogP contribution in [0, 0.1) is 0 Å². The molecule has 0 fully saturated rings. The zero-order chi connectivity index (χ0) is 56.9. The van der Waals surface area contributed by atoms with Gasteiger partial charge in [0, 0.05) is 11.1 Å². The Morgan fingerprint density at radius 1 is 0.373 bits per heavy atom. The molecule has 5 aromatic carbocycles. The van der Waals surface area contributed by atoms with E-state index < -0.39 is 195 Å². The highest BCUT2D eigenvalue weighted by Gasteiger charge is 2.47. The highest BCUT2D eigenvalue weighted by Crippen LogP contribution is 2.41. The van der Waals surface area contributed by atoms with Gasteiger partial charge in [0.1, 0.15) is 6.15 Å². The third-order valence-electron chi connectivity index (χ3n) is 11.1. The number of aromatic nitrogens is 2. The Morgan fingerprint density at radius 3 is 0.787 bits per heavy atom. The van der Waals surface area contributed by atoms with Crippen LogP contribution in [0.3, 0.4) is 0 Å². The third kappa shape index (κ3) is 13.8. The summed E-state index contributed by atoms with van der Waals surface area (Å²) in [5, 5.41) is 0. The first-order valence-corrected chi connectivity index (χ1v) is 20.2. The number of rotatable bonds is 8. The lowest BCUT2D eigenvalue weighted by atomic mass is 9.12. The largest absolute Gasteiger partial charge is 0.416 e. The number of benzene rings is 5. The van der Waals surface area contributed by atoms with E-state index in [2.05, 4.69) is 4.98 Å². The van der Waals surface area contributed by atoms with E-state index in [1.54, 1.807) is 53.6 Å². The van der Waals surface area contributed by atoms with Crippen LogP contribution in [0.25, 0.3) is 0 Å². The second-order valence-electron chi connectivity index (χ2n) is 16.2. The zero-order valence-corrected chi connectivity index (χ0v) is 36.6. The van der Waals surface area contributed by atoms with Crippen LogP contribution in [0.5, 0.6) is 0 Å². The Hall–Kier alpha value is -7.10. The fraction of sp³-hybridized carbons (Fsp3) is 0.217. The van der Waals surface area contributed by atoms with Crippen molar-refractivity contribution in [1.29, 1.82) is 0 Å². The minimum Gasteiger partial charge on any atom is -0.295 e. The predicted molar refractivity (Wildman–Crippen MR) is 215 cm³/mol. The molecule has 75 heavy (non-hydrogen) atoms. The predicted octanol–water partition coefficient (Wildman–Crippen LogP) is 12.7. The monoisotopic (exact) mass is 1100 g/mol. The van der Waals surface area contributed by atoms with Crippen molar-refractivity contribution >= 4 is 39.6 Å². The molecule has 0 amide bonds. The molecule has 6 rings (SSSR count). The Balaban J connectivity index is 0.000000483. The summed E-state index contributed by atoms with van der Waals surface area (Å²) in [7, 11) is 0. The van der Waals surface area contributed by atoms with Gasteiger partial charge in [-0.15, -0.1) is 0 Å². The first-order valence-electron chi connectivity index (χ1n) is 20.2. The molecule has 4 nitrogen and oxygen atoms in total. The molecule has 0 spiro atoms. The van der Waals surface area contributed by atoms with Crippen molar-refractivity contribution in [2.75, 3.05) is 0 Å². The second kappa shape index (κ2) is 20.2. The number of hydrogen-bond acceptors (Lipinski definition) is 3. The van der Waals surface area contributed by atoms with Crippen LogP contribution in [-0.4, -0.2) is 22.7 Å². The fourth-order valence-electron chi connectivity index (χ4n) is 7.67. The molecule has 402 valence electrons. The molecule has 0 saturated carbocycles. The summed E-state index contributed by atoms with van der Waals surface area (Å²) in [4.78, 5) is 27.0. The van der Waals surface area contributed by atoms with Gasteiger partial charge in [-0.2, -0.15) is 132 Å². The number of ketones is 2. The van der Waals surface area contributed by atoms with Crippen molar-refractivity contribution in [1.82, 2.24) is 4.98 Å². The van der Waals surface area contributed by atoms with Crippen LogP contribution in [0.1, 0.15) is 72.1 Å². The highest BCUT2D eigenvalue weighted by molar-refractivity contribution is 7.20. The Kier molecular flexibility index (Phi) is 15.8. The van der Waals surface area contributed by atoms with Crippen molar-refractivity contribution in [2.45, 2.75) is 62.9 Å². The summed E-state index contributed by atoms with van der Waals surface area (Å²) >= 11 is 0. The van der Waals surface area contributed by atoms with Crippen LogP contribution in [0.2, 0.25) is 0 Å². The molecule has 29 heteroatoms. The fourth-order valence-corrected chi connectivity index (χ4v) is 7.67. The smallest absolute Gasteiger partial charge is 0.295 e. The lowest BCUT2D eigenvalue weighted by molar-refractivity contribution is -0.683. The lowest BCUT2D eigenvalue weighted by Crippen LogP contribution is -2.75. The van der Waals surface area contributed by atoms with Crippen LogP contribution in [-0.2, 0) is 56.0 Å². The molecule has 0 atom stereocenters. The minimum atomic E-state index is -6.13. The Bertz CT molecular complexity index is 2620. The molecular formula is C46H25BF24N2O2. The summed E-state index contributed by atoms with van der Waals surface area (Å²) < 4.78 is 343. The number of carbonyl (C=O) groups excluding carboxylic acids is 2. The molecule has 0 N–H and O–H groups in total. The van der Waals surface area contributed by atoms with E-state index in [0.717, 1.165) is 0 Å². The van der Waals surface area contributed by atoms with E-state index in [4.69, 9.17) is 0 Å². The zero-order valence-electron chi connectivity index (χ0n) is 36.6. The van der Waals surface area contributed by atoms with Gasteiger partial charge in [0.15, 0.2) is 18.2 Å².